The normalized spacial score (nSPS) is 9.43. The largest absolute Gasteiger partial charge is 0.494 e. The lowest BCUT2D eigenvalue weighted by Crippen LogP contribution is -2.12. The molecule has 0 aromatic heterocycles. The van der Waals surface area contributed by atoms with Crippen LogP contribution in [0.25, 0.3) is 0 Å². The van der Waals surface area contributed by atoms with Crippen LogP contribution in [0.15, 0.2) is 24.3 Å². The number of hydrogen-bond donors (Lipinski definition) is 1. The molecule has 0 aliphatic carbocycles. The Labute approximate surface area is 84.3 Å². The van der Waals surface area contributed by atoms with Crippen molar-refractivity contribution in [1.29, 1.82) is 5.26 Å². The van der Waals surface area contributed by atoms with Gasteiger partial charge in [0.15, 0.2) is 0 Å². The first-order valence-corrected chi connectivity index (χ1v) is 4.66. The van der Waals surface area contributed by atoms with Crippen LogP contribution in [0.5, 0.6) is 5.75 Å². The van der Waals surface area contributed by atoms with Crippen LogP contribution >= 0.6 is 0 Å². The smallest absolute Gasteiger partial charge is 0.119 e. The molecule has 0 atom stereocenters. The molecule has 0 spiro atoms. The molecule has 0 bridgehead atoms. The van der Waals surface area contributed by atoms with Gasteiger partial charge in [-0.3, -0.25) is 0 Å². The maximum atomic E-state index is 8.35. The van der Waals surface area contributed by atoms with Gasteiger partial charge in [-0.05, 0) is 24.6 Å². The number of nitriles is 1. The van der Waals surface area contributed by atoms with E-state index in [0.717, 1.165) is 11.3 Å². The molecule has 0 aliphatic rings. The Morgan fingerprint density at radius 3 is 3.07 bits per heavy atom. The minimum Gasteiger partial charge on any atom is -0.494 e. The lowest BCUT2D eigenvalue weighted by atomic mass is 10.2. The number of ether oxygens (including phenoxy) is 1. The van der Waals surface area contributed by atoms with E-state index in [1.54, 1.807) is 0 Å². The van der Waals surface area contributed by atoms with E-state index in [0.29, 0.717) is 19.7 Å². The molecule has 3 nitrogen and oxygen atoms in total. The van der Waals surface area contributed by atoms with Gasteiger partial charge in [0.2, 0.25) is 0 Å². The highest BCUT2D eigenvalue weighted by atomic mass is 16.5. The Kier molecular flexibility index (Phi) is 4.53. The topological polar surface area (TPSA) is 45.0 Å². The van der Waals surface area contributed by atoms with E-state index in [2.05, 4.69) is 5.32 Å². The zero-order valence-electron chi connectivity index (χ0n) is 8.29. The van der Waals surface area contributed by atoms with Crippen molar-refractivity contribution in [2.45, 2.75) is 13.5 Å². The molecule has 0 amide bonds. The third-order valence-corrected chi connectivity index (χ3v) is 1.74. The number of nitrogens with one attached hydrogen (secondary N) is 1. The van der Waals surface area contributed by atoms with E-state index in [9.17, 15) is 0 Å². The van der Waals surface area contributed by atoms with E-state index >= 15 is 0 Å². The summed E-state index contributed by atoms with van der Waals surface area (Å²) < 4.78 is 5.36. The lowest BCUT2D eigenvalue weighted by molar-refractivity contribution is 0.340. The van der Waals surface area contributed by atoms with E-state index in [1.807, 2.05) is 37.3 Å². The first-order chi connectivity index (χ1) is 6.86. The molecule has 0 aliphatic heterocycles. The summed E-state index contributed by atoms with van der Waals surface area (Å²) in [7, 11) is 0. The highest BCUT2D eigenvalue weighted by molar-refractivity contribution is 5.28. The van der Waals surface area contributed by atoms with E-state index in [1.165, 1.54) is 0 Å². The van der Waals surface area contributed by atoms with Crippen LogP contribution in [0.2, 0.25) is 0 Å². The fourth-order valence-electron chi connectivity index (χ4n) is 1.17. The molecule has 0 unspecified atom stereocenters. The van der Waals surface area contributed by atoms with E-state index in [-0.39, 0.29) is 0 Å². The van der Waals surface area contributed by atoms with Gasteiger partial charge in [0, 0.05) is 6.54 Å². The second-order valence-electron chi connectivity index (χ2n) is 2.84. The van der Waals surface area contributed by atoms with Gasteiger partial charge in [-0.15, -0.1) is 0 Å². The van der Waals surface area contributed by atoms with Crippen molar-refractivity contribution in [3.05, 3.63) is 29.8 Å². The van der Waals surface area contributed by atoms with Crippen LogP contribution in [-0.4, -0.2) is 13.2 Å². The SMILES string of the molecule is CCOc1cccc(CNCC#N)c1. The quantitative estimate of drug-likeness (QED) is 0.567. The zero-order chi connectivity index (χ0) is 10.2. The van der Waals surface area contributed by atoms with Gasteiger partial charge in [-0.1, -0.05) is 12.1 Å². The number of benzene rings is 1. The van der Waals surface area contributed by atoms with Crippen LogP contribution < -0.4 is 10.1 Å². The summed E-state index contributed by atoms with van der Waals surface area (Å²) in [6.07, 6.45) is 0. The van der Waals surface area contributed by atoms with Gasteiger partial charge >= 0.3 is 0 Å². The van der Waals surface area contributed by atoms with Crippen molar-refractivity contribution in [2.24, 2.45) is 0 Å². The second-order valence-corrected chi connectivity index (χ2v) is 2.84. The molecule has 0 saturated carbocycles. The molecule has 1 N–H and O–H groups in total. The number of nitrogens with zero attached hydrogens (tertiary/aromatic N) is 1. The van der Waals surface area contributed by atoms with Gasteiger partial charge < -0.3 is 10.1 Å². The molecule has 74 valence electrons. The summed E-state index contributed by atoms with van der Waals surface area (Å²) in [6, 6.07) is 9.90. The molecular weight excluding hydrogens is 176 g/mol. The Hall–Kier alpha value is -1.53. The molecule has 0 fully saturated rings. The van der Waals surface area contributed by atoms with Crippen molar-refractivity contribution in [3.8, 4) is 11.8 Å². The number of hydrogen-bond acceptors (Lipinski definition) is 3. The van der Waals surface area contributed by atoms with Crippen LogP contribution in [0, 0.1) is 11.3 Å². The molecule has 14 heavy (non-hydrogen) atoms. The highest BCUT2D eigenvalue weighted by Gasteiger charge is 1.95. The molecule has 1 rings (SSSR count). The first kappa shape index (κ1) is 10.6. The Morgan fingerprint density at radius 1 is 1.50 bits per heavy atom. The van der Waals surface area contributed by atoms with Gasteiger partial charge in [-0.25, -0.2) is 0 Å². The summed E-state index contributed by atoms with van der Waals surface area (Å²) in [5.41, 5.74) is 1.13. The third kappa shape index (κ3) is 3.46. The summed E-state index contributed by atoms with van der Waals surface area (Å²) >= 11 is 0. The molecule has 3 heteroatoms. The maximum Gasteiger partial charge on any atom is 0.119 e. The summed E-state index contributed by atoms with van der Waals surface area (Å²) in [6.45, 7) is 3.71. The predicted molar refractivity (Wildman–Crippen MR) is 54.9 cm³/mol. The summed E-state index contributed by atoms with van der Waals surface area (Å²) in [4.78, 5) is 0. The molecule has 0 saturated heterocycles. The van der Waals surface area contributed by atoms with Crippen LogP contribution in [0.4, 0.5) is 0 Å². The van der Waals surface area contributed by atoms with Gasteiger partial charge in [0.25, 0.3) is 0 Å². The lowest BCUT2D eigenvalue weighted by Gasteiger charge is -2.05. The predicted octanol–water partition coefficient (Wildman–Crippen LogP) is 1.70. The highest BCUT2D eigenvalue weighted by Crippen LogP contribution is 2.12. The van der Waals surface area contributed by atoms with Crippen LogP contribution in [0.1, 0.15) is 12.5 Å². The third-order valence-electron chi connectivity index (χ3n) is 1.74. The minimum atomic E-state index is 0.374. The van der Waals surface area contributed by atoms with Gasteiger partial charge in [0.1, 0.15) is 5.75 Å². The average Bonchev–Trinajstić information content (AvgIpc) is 2.19. The van der Waals surface area contributed by atoms with Crippen molar-refractivity contribution in [2.75, 3.05) is 13.2 Å². The maximum absolute atomic E-state index is 8.35. The molecule has 1 aromatic rings. The van der Waals surface area contributed by atoms with Crippen LogP contribution in [0.3, 0.4) is 0 Å². The molecule has 0 heterocycles. The fourth-order valence-corrected chi connectivity index (χ4v) is 1.17. The van der Waals surface area contributed by atoms with Gasteiger partial charge in [0.05, 0.1) is 19.2 Å². The minimum absolute atomic E-state index is 0.374. The zero-order valence-corrected chi connectivity index (χ0v) is 8.29. The van der Waals surface area contributed by atoms with Crippen molar-refractivity contribution in [3.63, 3.8) is 0 Å². The summed E-state index contributed by atoms with van der Waals surface area (Å²) in [5.74, 6) is 0.878. The monoisotopic (exact) mass is 190 g/mol. The molecule has 1 aromatic carbocycles. The first-order valence-electron chi connectivity index (χ1n) is 4.66. The van der Waals surface area contributed by atoms with Crippen LogP contribution in [-0.2, 0) is 6.54 Å². The molecular formula is C11H14N2O. The average molecular weight is 190 g/mol. The molecule has 0 radical (unpaired) electrons. The van der Waals surface area contributed by atoms with Crippen molar-refractivity contribution < 1.29 is 4.74 Å². The van der Waals surface area contributed by atoms with E-state index < -0.39 is 0 Å². The summed E-state index contributed by atoms with van der Waals surface area (Å²) in [5, 5.41) is 11.3. The van der Waals surface area contributed by atoms with E-state index in [4.69, 9.17) is 10.00 Å². The Morgan fingerprint density at radius 2 is 2.36 bits per heavy atom. The van der Waals surface area contributed by atoms with Gasteiger partial charge in [-0.2, -0.15) is 5.26 Å². The standard InChI is InChI=1S/C11H14N2O/c1-2-14-11-5-3-4-10(8-11)9-13-7-6-12/h3-5,8,13H,2,7,9H2,1H3. The van der Waals surface area contributed by atoms with Crippen molar-refractivity contribution >= 4 is 0 Å². The Balaban J connectivity index is 2.51. The second kappa shape index (κ2) is 6.01. The fraction of sp³-hybridized carbons (Fsp3) is 0.364. The number of rotatable bonds is 5. The van der Waals surface area contributed by atoms with Crippen molar-refractivity contribution in [1.82, 2.24) is 5.32 Å². The Bertz CT molecular complexity index is 317.